The molecule has 0 radical (unpaired) electrons. The van der Waals surface area contributed by atoms with Gasteiger partial charge in [0.15, 0.2) is 0 Å². The fourth-order valence-electron chi connectivity index (χ4n) is 4.10. The molecule has 4 unspecified atom stereocenters. The predicted molar refractivity (Wildman–Crippen MR) is 119 cm³/mol. The molecule has 1 aromatic carbocycles. The third kappa shape index (κ3) is 6.84. The first-order chi connectivity index (χ1) is 15.5. The topological polar surface area (TPSA) is 105 Å². The molecule has 7 heteroatoms. The number of hydrogen-bond acceptors (Lipinski definition) is 6. The monoisotopic (exact) mass is 441 g/mol. The summed E-state index contributed by atoms with van der Waals surface area (Å²) in [5.74, 6) is 4.25. The standard InChI is InChI=1S/C25H31NO6/c1-2-3-4-5-11-23(29)26-12-7-9-19-16-21-15-18(27)14-20(31-21)13-17-8-6-10-22(28)24(17)25(30)32-19/h6-8,10,12,18-21,27-28H,2-4,9,13-16H2,1H3,(H,26,29)/b12-7+. The average Bonchev–Trinajstić information content (AvgIpc) is 2.73. The second-order valence-corrected chi connectivity index (χ2v) is 8.30. The van der Waals surface area contributed by atoms with Gasteiger partial charge < -0.3 is 25.0 Å². The van der Waals surface area contributed by atoms with Gasteiger partial charge in [0.05, 0.1) is 18.3 Å². The average molecular weight is 442 g/mol. The van der Waals surface area contributed by atoms with Crippen molar-refractivity contribution in [2.45, 2.75) is 82.7 Å². The summed E-state index contributed by atoms with van der Waals surface area (Å²) in [5, 5.41) is 23.2. The quantitative estimate of drug-likeness (QED) is 0.369. The molecule has 2 heterocycles. The number of aliphatic hydroxyl groups excluding tert-OH is 1. The van der Waals surface area contributed by atoms with Crippen molar-refractivity contribution >= 4 is 11.9 Å². The molecule has 0 spiro atoms. The van der Waals surface area contributed by atoms with Crippen molar-refractivity contribution < 1.29 is 29.3 Å². The second-order valence-electron chi connectivity index (χ2n) is 8.30. The van der Waals surface area contributed by atoms with Crippen molar-refractivity contribution in [1.29, 1.82) is 0 Å². The summed E-state index contributed by atoms with van der Waals surface area (Å²) in [6, 6.07) is 4.90. The Balaban J connectivity index is 1.69. The normalized spacial score (nSPS) is 25.2. The number of unbranched alkanes of at least 4 members (excludes halogenated alkanes) is 2. The highest BCUT2D eigenvalue weighted by Gasteiger charge is 2.34. The van der Waals surface area contributed by atoms with Crippen molar-refractivity contribution in [2.75, 3.05) is 0 Å². The van der Waals surface area contributed by atoms with Crippen molar-refractivity contribution in [3.8, 4) is 17.6 Å². The van der Waals surface area contributed by atoms with E-state index in [-0.39, 0.29) is 29.4 Å². The van der Waals surface area contributed by atoms with E-state index in [9.17, 15) is 19.8 Å². The van der Waals surface area contributed by atoms with Crippen LogP contribution in [0.1, 0.15) is 67.8 Å². The molecule has 0 aromatic heterocycles. The van der Waals surface area contributed by atoms with Gasteiger partial charge in [0.2, 0.25) is 0 Å². The molecule has 1 fully saturated rings. The number of carbonyl (C=O) groups is 2. The van der Waals surface area contributed by atoms with Crippen molar-refractivity contribution in [2.24, 2.45) is 0 Å². The van der Waals surface area contributed by atoms with Gasteiger partial charge >= 0.3 is 5.97 Å². The van der Waals surface area contributed by atoms with Gasteiger partial charge in [-0.2, -0.15) is 0 Å². The molecule has 1 amide bonds. The highest BCUT2D eigenvalue weighted by Crippen LogP contribution is 2.32. The zero-order chi connectivity index (χ0) is 22.9. The molecule has 1 aromatic rings. The van der Waals surface area contributed by atoms with Crippen LogP contribution in [0.3, 0.4) is 0 Å². The van der Waals surface area contributed by atoms with Crippen molar-refractivity contribution in [3.63, 3.8) is 0 Å². The summed E-state index contributed by atoms with van der Waals surface area (Å²) in [6.45, 7) is 2.07. The molecule has 2 aliphatic heterocycles. The molecule has 3 N–H and O–H groups in total. The summed E-state index contributed by atoms with van der Waals surface area (Å²) < 4.78 is 11.9. The number of phenolic OH excluding ortho intramolecular Hbond substituents is 1. The van der Waals surface area contributed by atoms with Crippen molar-refractivity contribution in [1.82, 2.24) is 5.32 Å². The summed E-state index contributed by atoms with van der Waals surface area (Å²) in [4.78, 5) is 24.6. The van der Waals surface area contributed by atoms with E-state index < -0.39 is 18.2 Å². The minimum absolute atomic E-state index is 0.135. The summed E-state index contributed by atoms with van der Waals surface area (Å²) in [5.41, 5.74) is 0.775. The Morgan fingerprint density at radius 1 is 1.28 bits per heavy atom. The van der Waals surface area contributed by atoms with E-state index in [1.807, 2.05) is 0 Å². The number of amides is 1. The number of esters is 1. The molecule has 3 rings (SSSR count). The lowest BCUT2D eigenvalue weighted by atomic mass is 9.91. The van der Waals surface area contributed by atoms with Gasteiger partial charge in [0.1, 0.15) is 17.4 Å². The summed E-state index contributed by atoms with van der Waals surface area (Å²) >= 11 is 0. The molecule has 4 atom stereocenters. The molecule has 172 valence electrons. The fraction of sp³-hybridized carbons (Fsp3) is 0.520. The SMILES string of the molecule is CCCCC#CC(=O)N/C=C/CC1CC2CC(O)CC(Cc3cccc(O)c3C(=O)O1)O2. The molecule has 32 heavy (non-hydrogen) atoms. The molecule has 0 aliphatic carbocycles. The molecule has 7 nitrogen and oxygen atoms in total. The first-order valence-corrected chi connectivity index (χ1v) is 11.3. The highest BCUT2D eigenvalue weighted by atomic mass is 16.5. The van der Waals surface area contributed by atoms with Crippen LogP contribution in [-0.4, -0.2) is 46.5 Å². The number of rotatable bonds is 5. The van der Waals surface area contributed by atoms with Crippen LogP contribution in [0.2, 0.25) is 0 Å². The Kier molecular flexibility index (Phi) is 8.72. The number of nitrogens with one attached hydrogen (secondary N) is 1. The molecular weight excluding hydrogens is 410 g/mol. The number of benzene rings is 1. The van der Waals surface area contributed by atoms with Gasteiger partial charge in [-0.1, -0.05) is 37.5 Å². The third-order valence-electron chi connectivity index (χ3n) is 5.62. The van der Waals surface area contributed by atoms with E-state index in [1.165, 1.54) is 12.3 Å². The number of phenols is 1. The van der Waals surface area contributed by atoms with Crippen molar-refractivity contribution in [3.05, 3.63) is 41.6 Å². The number of fused-ring (bicyclic) bond motifs is 3. The minimum Gasteiger partial charge on any atom is -0.507 e. The van der Waals surface area contributed by atoms with Gasteiger partial charge in [-0.25, -0.2) is 4.79 Å². The molecular formula is C25H31NO6. The van der Waals surface area contributed by atoms with Crippen LogP contribution in [0.15, 0.2) is 30.5 Å². The number of aromatic hydroxyl groups is 1. The fourth-order valence-corrected chi connectivity index (χ4v) is 4.10. The van der Waals surface area contributed by atoms with E-state index in [4.69, 9.17) is 9.47 Å². The van der Waals surface area contributed by atoms with Crippen LogP contribution < -0.4 is 5.32 Å². The Labute approximate surface area is 188 Å². The molecule has 0 saturated carbocycles. The summed E-state index contributed by atoms with van der Waals surface area (Å²) in [7, 11) is 0. The lowest BCUT2D eigenvalue weighted by Crippen LogP contribution is -2.40. The first kappa shape index (κ1) is 23.8. The number of cyclic esters (lactones) is 1. The highest BCUT2D eigenvalue weighted by molar-refractivity contribution is 5.94. The lowest BCUT2D eigenvalue weighted by Gasteiger charge is -2.36. The smallest absolute Gasteiger partial charge is 0.342 e. The third-order valence-corrected chi connectivity index (χ3v) is 5.62. The van der Waals surface area contributed by atoms with E-state index in [0.29, 0.717) is 44.1 Å². The Morgan fingerprint density at radius 3 is 2.91 bits per heavy atom. The van der Waals surface area contributed by atoms with Crippen LogP contribution >= 0.6 is 0 Å². The largest absolute Gasteiger partial charge is 0.507 e. The van der Waals surface area contributed by atoms with Gasteiger partial charge in [-0.3, -0.25) is 4.79 Å². The Hall–Kier alpha value is -2.82. The van der Waals surface area contributed by atoms with Gasteiger partial charge in [0, 0.05) is 25.5 Å². The number of ether oxygens (including phenoxy) is 2. The number of aliphatic hydroxyl groups is 1. The van der Waals surface area contributed by atoms with Crippen LogP contribution in [0.25, 0.3) is 0 Å². The Morgan fingerprint density at radius 2 is 2.09 bits per heavy atom. The van der Waals surface area contributed by atoms with Gasteiger partial charge in [-0.05, 0) is 43.2 Å². The van der Waals surface area contributed by atoms with Gasteiger partial charge in [0.25, 0.3) is 5.91 Å². The number of carbonyl (C=O) groups excluding carboxylic acids is 2. The van der Waals surface area contributed by atoms with Crippen LogP contribution in [0, 0.1) is 11.8 Å². The maximum absolute atomic E-state index is 12.9. The number of hydrogen-bond donors (Lipinski definition) is 3. The summed E-state index contributed by atoms with van der Waals surface area (Å²) in [6.07, 6.45) is 6.51. The molecule has 1 saturated heterocycles. The van der Waals surface area contributed by atoms with E-state index >= 15 is 0 Å². The maximum atomic E-state index is 12.9. The van der Waals surface area contributed by atoms with E-state index in [2.05, 4.69) is 24.1 Å². The lowest BCUT2D eigenvalue weighted by molar-refractivity contribution is -0.115. The zero-order valence-corrected chi connectivity index (χ0v) is 18.4. The maximum Gasteiger partial charge on any atom is 0.342 e. The molecule has 2 bridgehead atoms. The van der Waals surface area contributed by atoms with E-state index in [0.717, 1.165) is 12.8 Å². The predicted octanol–water partition coefficient (Wildman–Crippen LogP) is 2.99. The van der Waals surface area contributed by atoms with Crippen LogP contribution in [0.5, 0.6) is 5.75 Å². The van der Waals surface area contributed by atoms with E-state index in [1.54, 1.807) is 18.2 Å². The second kappa shape index (κ2) is 11.7. The van der Waals surface area contributed by atoms with Crippen LogP contribution in [0.4, 0.5) is 0 Å². The molecule has 2 aliphatic rings. The minimum atomic E-state index is -0.581. The Bertz CT molecular complexity index is 899. The van der Waals surface area contributed by atoms with Gasteiger partial charge in [-0.15, -0.1) is 0 Å². The first-order valence-electron chi connectivity index (χ1n) is 11.3. The zero-order valence-electron chi connectivity index (χ0n) is 18.4. The van der Waals surface area contributed by atoms with Crippen LogP contribution in [-0.2, 0) is 20.7 Å².